The van der Waals surface area contributed by atoms with Crippen molar-refractivity contribution in [3.63, 3.8) is 0 Å². The van der Waals surface area contributed by atoms with Gasteiger partial charge in [0.25, 0.3) is 0 Å². The second-order valence-corrected chi connectivity index (χ2v) is 3.39. The highest BCUT2D eigenvalue weighted by molar-refractivity contribution is 5.11. The molecule has 1 heterocycles. The third-order valence-electron chi connectivity index (χ3n) is 1.98. The van der Waals surface area contributed by atoms with Crippen molar-refractivity contribution in [2.45, 2.75) is 19.4 Å². The molecule has 1 aliphatic heterocycles. The van der Waals surface area contributed by atoms with Crippen LogP contribution in [0.3, 0.4) is 0 Å². The van der Waals surface area contributed by atoms with Gasteiger partial charge in [-0.15, -0.1) is 0 Å². The van der Waals surface area contributed by atoms with Crippen LogP contribution < -0.4 is 0 Å². The first kappa shape index (κ1) is 8.34. The Bertz CT molecular complexity index is 182. The third kappa shape index (κ3) is 1.84. The summed E-state index contributed by atoms with van der Waals surface area (Å²) in [5.41, 5.74) is -0.138. The Balaban J connectivity index is 2.61. The summed E-state index contributed by atoms with van der Waals surface area (Å²) in [6.07, 6.45) is 8.10. The summed E-state index contributed by atoms with van der Waals surface area (Å²) in [5.74, 6) is 0. The van der Waals surface area contributed by atoms with Crippen molar-refractivity contribution in [2.75, 3.05) is 13.2 Å². The molecule has 0 aromatic heterocycles. The number of aliphatic hydroxyl groups excluding tert-OH is 1. The van der Waals surface area contributed by atoms with E-state index in [4.69, 9.17) is 5.11 Å². The average Bonchev–Trinajstić information content (AvgIpc) is 2.06. The summed E-state index contributed by atoms with van der Waals surface area (Å²) in [5, 5.41) is 9.05. The standard InChI is InChI=1S/C9H15NO/c1-9(2,8-11)10-6-4-3-5-7-10/h3-6,11H,7-8H2,1-2H3. The molecule has 0 fully saturated rings. The largest absolute Gasteiger partial charge is 0.394 e. The quantitative estimate of drug-likeness (QED) is 0.643. The lowest BCUT2D eigenvalue weighted by Gasteiger charge is -2.36. The maximum absolute atomic E-state index is 9.05. The van der Waals surface area contributed by atoms with Crippen LogP contribution in [-0.4, -0.2) is 28.7 Å². The lowest BCUT2D eigenvalue weighted by molar-refractivity contribution is 0.104. The van der Waals surface area contributed by atoms with E-state index in [-0.39, 0.29) is 12.1 Å². The summed E-state index contributed by atoms with van der Waals surface area (Å²) in [4.78, 5) is 2.12. The molecule has 0 atom stereocenters. The van der Waals surface area contributed by atoms with Gasteiger partial charge in [0.15, 0.2) is 0 Å². The second kappa shape index (κ2) is 3.09. The monoisotopic (exact) mass is 153 g/mol. The van der Waals surface area contributed by atoms with Crippen LogP contribution in [0, 0.1) is 0 Å². The number of nitrogens with zero attached hydrogens (tertiary/aromatic N) is 1. The maximum atomic E-state index is 9.05. The minimum absolute atomic E-state index is 0.138. The van der Waals surface area contributed by atoms with Gasteiger partial charge in [-0.3, -0.25) is 0 Å². The molecule has 0 aromatic rings. The van der Waals surface area contributed by atoms with Gasteiger partial charge in [0.1, 0.15) is 0 Å². The van der Waals surface area contributed by atoms with Crippen LogP contribution in [0.1, 0.15) is 13.8 Å². The zero-order valence-electron chi connectivity index (χ0n) is 7.12. The van der Waals surface area contributed by atoms with Crippen LogP contribution in [0.4, 0.5) is 0 Å². The normalized spacial score (nSPS) is 17.5. The van der Waals surface area contributed by atoms with Crippen LogP contribution in [-0.2, 0) is 0 Å². The molecule has 1 aliphatic rings. The summed E-state index contributed by atoms with van der Waals surface area (Å²) in [6.45, 7) is 5.13. The van der Waals surface area contributed by atoms with Gasteiger partial charge in [-0.2, -0.15) is 0 Å². The van der Waals surface area contributed by atoms with E-state index in [0.29, 0.717) is 0 Å². The van der Waals surface area contributed by atoms with Gasteiger partial charge < -0.3 is 10.0 Å². The summed E-state index contributed by atoms with van der Waals surface area (Å²) < 4.78 is 0. The summed E-state index contributed by atoms with van der Waals surface area (Å²) in [7, 11) is 0. The Morgan fingerprint density at radius 3 is 2.64 bits per heavy atom. The van der Waals surface area contributed by atoms with E-state index in [1.165, 1.54) is 0 Å². The molecule has 0 aliphatic carbocycles. The van der Waals surface area contributed by atoms with Gasteiger partial charge >= 0.3 is 0 Å². The molecular formula is C9H15NO. The fourth-order valence-corrected chi connectivity index (χ4v) is 1.01. The Kier molecular flexibility index (Phi) is 2.35. The highest BCUT2D eigenvalue weighted by Gasteiger charge is 2.22. The second-order valence-electron chi connectivity index (χ2n) is 3.39. The number of rotatable bonds is 2. The first-order chi connectivity index (χ1) is 5.17. The molecule has 62 valence electrons. The molecule has 1 rings (SSSR count). The highest BCUT2D eigenvalue weighted by atomic mass is 16.3. The van der Waals surface area contributed by atoms with E-state index in [1.54, 1.807) is 0 Å². The van der Waals surface area contributed by atoms with Crippen LogP contribution >= 0.6 is 0 Å². The van der Waals surface area contributed by atoms with Crippen molar-refractivity contribution in [2.24, 2.45) is 0 Å². The predicted molar refractivity (Wildman–Crippen MR) is 46.2 cm³/mol. The van der Waals surface area contributed by atoms with E-state index >= 15 is 0 Å². The SMILES string of the molecule is CC(C)(CO)N1C=CC=CC1. The van der Waals surface area contributed by atoms with Crippen molar-refractivity contribution < 1.29 is 5.11 Å². The van der Waals surface area contributed by atoms with Gasteiger partial charge in [0.2, 0.25) is 0 Å². The Morgan fingerprint density at radius 1 is 1.45 bits per heavy atom. The van der Waals surface area contributed by atoms with E-state index in [0.717, 1.165) is 6.54 Å². The zero-order chi connectivity index (χ0) is 8.32. The molecule has 0 saturated heterocycles. The van der Waals surface area contributed by atoms with Crippen LogP contribution in [0.15, 0.2) is 24.4 Å². The van der Waals surface area contributed by atoms with Crippen molar-refractivity contribution in [1.82, 2.24) is 4.90 Å². The number of aliphatic hydroxyl groups is 1. The molecule has 0 amide bonds. The number of hydrogen-bond donors (Lipinski definition) is 1. The number of allylic oxidation sites excluding steroid dienone is 2. The Labute approximate surface area is 67.8 Å². The lowest BCUT2D eigenvalue weighted by atomic mass is 10.0. The zero-order valence-corrected chi connectivity index (χ0v) is 7.12. The van der Waals surface area contributed by atoms with Gasteiger partial charge in [0.05, 0.1) is 12.1 Å². The molecule has 0 radical (unpaired) electrons. The predicted octanol–water partition coefficient (Wildman–Crippen LogP) is 1.14. The molecule has 2 nitrogen and oxygen atoms in total. The molecule has 0 spiro atoms. The van der Waals surface area contributed by atoms with E-state index in [1.807, 2.05) is 32.2 Å². The minimum Gasteiger partial charge on any atom is -0.394 e. The van der Waals surface area contributed by atoms with Gasteiger partial charge in [-0.1, -0.05) is 12.2 Å². The van der Waals surface area contributed by atoms with Gasteiger partial charge in [0, 0.05) is 6.54 Å². The molecule has 0 saturated carbocycles. The Morgan fingerprint density at radius 2 is 2.18 bits per heavy atom. The molecular weight excluding hydrogens is 138 g/mol. The smallest absolute Gasteiger partial charge is 0.0658 e. The summed E-state index contributed by atoms with van der Waals surface area (Å²) >= 11 is 0. The highest BCUT2D eigenvalue weighted by Crippen LogP contribution is 2.15. The molecule has 11 heavy (non-hydrogen) atoms. The number of hydrogen-bond acceptors (Lipinski definition) is 2. The lowest BCUT2D eigenvalue weighted by Crippen LogP contribution is -2.43. The topological polar surface area (TPSA) is 23.5 Å². The van der Waals surface area contributed by atoms with Gasteiger partial charge in [-0.25, -0.2) is 0 Å². The van der Waals surface area contributed by atoms with E-state index in [2.05, 4.69) is 11.0 Å². The van der Waals surface area contributed by atoms with E-state index < -0.39 is 0 Å². The van der Waals surface area contributed by atoms with Crippen LogP contribution in [0.2, 0.25) is 0 Å². The van der Waals surface area contributed by atoms with Gasteiger partial charge in [-0.05, 0) is 26.1 Å². The fourth-order valence-electron chi connectivity index (χ4n) is 1.01. The van der Waals surface area contributed by atoms with Crippen LogP contribution in [0.25, 0.3) is 0 Å². The molecule has 0 aromatic carbocycles. The van der Waals surface area contributed by atoms with Crippen molar-refractivity contribution in [1.29, 1.82) is 0 Å². The summed E-state index contributed by atoms with van der Waals surface area (Å²) in [6, 6.07) is 0. The molecule has 0 bridgehead atoms. The molecule has 0 unspecified atom stereocenters. The van der Waals surface area contributed by atoms with Crippen molar-refractivity contribution in [3.8, 4) is 0 Å². The average molecular weight is 153 g/mol. The third-order valence-corrected chi connectivity index (χ3v) is 1.98. The minimum atomic E-state index is -0.138. The molecule has 2 heteroatoms. The fraction of sp³-hybridized carbons (Fsp3) is 0.556. The first-order valence-corrected chi connectivity index (χ1v) is 3.88. The molecule has 1 N–H and O–H groups in total. The Hall–Kier alpha value is -0.760. The van der Waals surface area contributed by atoms with Crippen LogP contribution in [0.5, 0.6) is 0 Å². The van der Waals surface area contributed by atoms with E-state index in [9.17, 15) is 0 Å². The van der Waals surface area contributed by atoms with Crippen molar-refractivity contribution >= 4 is 0 Å². The maximum Gasteiger partial charge on any atom is 0.0658 e. The van der Waals surface area contributed by atoms with Crippen molar-refractivity contribution in [3.05, 3.63) is 24.4 Å². The first-order valence-electron chi connectivity index (χ1n) is 3.88.